The molecule has 0 radical (unpaired) electrons. The summed E-state index contributed by atoms with van der Waals surface area (Å²) in [6, 6.07) is 15.9. The average Bonchev–Trinajstić information content (AvgIpc) is 3.04. The third-order valence-corrected chi connectivity index (χ3v) is 6.19. The van der Waals surface area contributed by atoms with Gasteiger partial charge in [-0.2, -0.15) is 0 Å². The molecule has 0 bridgehead atoms. The highest BCUT2D eigenvalue weighted by Crippen LogP contribution is 2.22. The summed E-state index contributed by atoms with van der Waals surface area (Å²) in [5.41, 5.74) is 7.72. The summed E-state index contributed by atoms with van der Waals surface area (Å²) in [7, 11) is -2.20. The van der Waals surface area contributed by atoms with E-state index in [1.54, 1.807) is 12.1 Å². The summed E-state index contributed by atoms with van der Waals surface area (Å²) >= 11 is 0. The van der Waals surface area contributed by atoms with Gasteiger partial charge < -0.3 is 9.87 Å². The van der Waals surface area contributed by atoms with Crippen LogP contribution in [0.25, 0.3) is 16.9 Å². The molecule has 0 fully saturated rings. The molecule has 2 aromatic heterocycles. The van der Waals surface area contributed by atoms with E-state index in [1.165, 1.54) is 30.2 Å². The van der Waals surface area contributed by atoms with Crippen LogP contribution in [0, 0.1) is 20.8 Å². The lowest BCUT2D eigenvalue weighted by atomic mass is 10.1. The fourth-order valence-corrected chi connectivity index (χ4v) is 3.84. The van der Waals surface area contributed by atoms with Gasteiger partial charge in [-0.3, -0.25) is 4.79 Å². The van der Waals surface area contributed by atoms with E-state index in [9.17, 15) is 17.8 Å². The molecule has 7 nitrogen and oxygen atoms in total. The van der Waals surface area contributed by atoms with Gasteiger partial charge in [0.25, 0.3) is 5.65 Å². The molecule has 0 saturated carbocycles. The van der Waals surface area contributed by atoms with E-state index in [-0.39, 0.29) is 10.8 Å². The van der Waals surface area contributed by atoms with Crippen molar-refractivity contribution in [3.05, 3.63) is 83.7 Å². The highest BCUT2D eigenvalue weighted by molar-refractivity contribution is 7.85. The van der Waals surface area contributed by atoms with Gasteiger partial charge in [0.05, 0.1) is 18.1 Å². The molecule has 33 heavy (non-hydrogen) atoms. The summed E-state index contributed by atoms with van der Waals surface area (Å²) in [5.74, 6) is -0.0566. The van der Waals surface area contributed by atoms with Crippen LogP contribution in [0.2, 0.25) is 0 Å². The molecule has 0 atom stereocenters. The van der Waals surface area contributed by atoms with E-state index in [0.29, 0.717) is 0 Å². The first kappa shape index (κ1) is 24.2. The smallest absolute Gasteiger partial charge is 0.286 e. The highest BCUT2D eigenvalue weighted by Gasteiger charge is 2.16. The molecule has 2 heterocycles. The molecule has 0 spiro atoms. The van der Waals surface area contributed by atoms with Crippen molar-refractivity contribution in [2.24, 2.45) is 7.05 Å². The van der Waals surface area contributed by atoms with Gasteiger partial charge >= 0.3 is 0 Å². The highest BCUT2D eigenvalue weighted by atomic mass is 32.2. The van der Waals surface area contributed by atoms with Crippen molar-refractivity contribution in [2.75, 3.05) is 5.32 Å². The Balaban J connectivity index is 0.000000235. The maximum absolute atomic E-state index is 11.1. The van der Waals surface area contributed by atoms with E-state index in [2.05, 4.69) is 53.6 Å². The molecule has 1 amide bonds. The lowest BCUT2D eigenvalue weighted by Crippen LogP contribution is -2.19. The van der Waals surface area contributed by atoms with Crippen LogP contribution in [0.3, 0.4) is 0 Å². The van der Waals surface area contributed by atoms with Crippen LogP contribution < -0.4 is 9.72 Å². The van der Waals surface area contributed by atoms with Gasteiger partial charge in [0, 0.05) is 24.2 Å². The minimum atomic E-state index is -4.27. The van der Waals surface area contributed by atoms with Crippen LogP contribution in [-0.2, 0) is 22.0 Å². The summed E-state index contributed by atoms with van der Waals surface area (Å²) in [6.45, 7) is 7.58. The molecule has 8 heteroatoms. The Bertz CT molecular complexity index is 1410. The first-order valence-electron chi connectivity index (χ1n) is 10.3. The minimum absolute atomic E-state index is 0.0566. The first-order chi connectivity index (χ1) is 15.5. The number of pyridine rings is 1. The fraction of sp³-hybridized carbons (Fsp3) is 0.200. The van der Waals surface area contributed by atoms with Gasteiger partial charge in [-0.05, 0) is 68.3 Å². The number of rotatable bonds is 3. The third-order valence-electron chi connectivity index (χ3n) is 5.34. The molecule has 0 aliphatic rings. The lowest BCUT2D eigenvalue weighted by molar-refractivity contribution is -0.510. The number of nitrogens with one attached hydrogen (secondary N) is 1. The molecule has 1 N–H and O–H groups in total. The van der Waals surface area contributed by atoms with Crippen LogP contribution in [0.1, 0.15) is 23.6 Å². The number of aryl methyl sites for hydroxylation is 4. The maximum Gasteiger partial charge on any atom is 0.286 e. The quantitative estimate of drug-likeness (QED) is 0.367. The second-order valence-corrected chi connectivity index (χ2v) is 9.38. The van der Waals surface area contributed by atoms with Gasteiger partial charge in [0.15, 0.2) is 5.69 Å². The molecule has 0 aliphatic heterocycles. The second kappa shape index (κ2) is 9.56. The topological polar surface area (TPSA) is 95.3 Å². The number of nitrogens with zero attached hydrogens (tertiary/aromatic N) is 2. The Morgan fingerprint density at radius 2 is 1.55 bits per heavy atom. The van der Waals surface area contributed by atoms with E-state index in [1.807, 2.05) is 31.2 Å². The van der Waals surface area contributed by atoms with Crippen molar-refractivity contribution in [1.82, 2.24) is 4.57 Å². The van der Waals surface area contributed by atoms with Crippen molar-refractivity contribution in [3.8, 4) is 11.3 Å². The molecule has 172 valence electrons. The van der Waals surface area contributed by atoms with Crippen molar-refractivity contribution < 1.29 is 22.2 Å². The number of benzene rings is 2. The summed E-state index contributed by atoms with van der Waals surface area (Å²) in [4.78, 5) is 10.9. The van der Waals surface area contributed by atoms with E-state index in [4.69, 9.17) is 0 Å². The predicted molar refractivity (Wildman–Crippen MR) is 127 cm³/mol. The normalized spacial score (nSPS) is 11.1. The molecule has 0 aliphatic carbocycles. The van der Waals surface area contributed by atoms with E-state index >= 15 is 0 Å². The zero-order chi connectivity index (χ0) is 24.3. The number of hydrogen-bond donors (Lipinski definition) is 1. The Labute approximate surface area is 194 Å². The van der Waals surface area contributed by atoms with Crippen LogP contribution in [0.4, 0.5) is 5.69 Å². The van der Waals surface area contributed by atoms with Gasteiger partial charge in [-0.15, -0.1) is 0 Å². The third kappa shape index (κ3) is 5.85. The van der Waals surface area contributed by atoms with Crippen molar-refractivity contribution in [1.29, 1.82) is 0 Å². The van der Waals surface area contributed by atoms with Crippen LogP contribution in [0.15, 0.2) is 71.9 Å². The van der Waals surface area contributed by atoms with Crippen molar-refractivity contribution >= 4 is 27.4 Å². The zero-order valence-corrected chi connectivity index (χ0v) is 20.1. The SMILES string of the molecule is CC(=O)Nc1ccc(-c2c[n+]3cc(C)c(C)cc3n2C)cc1.Cc1ccc(S(=O)(=O)[O-])cc1. The lowest BCUT2D eigenvalue weighted by Gasteiger charge is -2.05. The van der Waals surface area contributed by atoms with Gasteiger partial charge in [0.2, 0.25) is 5.91 Å². The maximum atomic E-state index is 11.1. The number of hydrogen-bond acceptors (Lipinski definition) is 4. The summed E-state index contributed by atoms with van der Waals surface area (Å²) in [5, 5.41) is 2.79. The average molecular weight is 466 g/mol. The summed E-state index contributed by atoms with van der Waals surface area (Å²) < 4.78 is 35.5. The number of imidazole rings is 1. The number of carbonyl (C=O) groups excluding carboxylic acids is 1. The molecule has 0 saturated heterocycles. The second-order valence-electron chi connectivity index (χ2n) is 8.00. The molecule has 4 aromatic rings. The minimum Gasteiger partial charge on any atom is -0.744 e. The van der Waals surface area contributed by atoms with Gasteiger partial charge in [0.1, 0.15) is 16.3 Å². The van der Waals surface area contributed by atoms with Gasteiger partial charge in [-0.25, -0.2) is 17.4 Å². The van der Waals surface area contributed by atoms with E-state index < -0.39 is 10.1 Å². The number of anilines is 1. The number of carbonyl (C=O) groups is 1. The number of fused-ring (bicyclic) bond motifs is 1. The van der Waals surface area contributed by atoms with E-state index in [0.717, 1.165) is 28.2 Å². The summed E-state index contributed by atoms with van der Waals surface area (Å²) in [6.07, 6.45) is 4.29. The molecule has 4 rings (SSSR count). The van der Waals surface area contributed by atoms with Crippen molar-refractivity contribution in [2.45, 2.75) is 32.6 Å². The Hall–Kier alpha value is -3.49. The van der Waals surface area contributed by atoms with Crippen molar-refractivity contribution in [3.63, 3.8) is 0 Å². The van der Waals surface area contributed by atoms with Crippen LogP contribution >= 0.6 is 0 Å². The van der Waals surface area contributed by atoms with Crippen LogP contribution in [-0.4, -0.2) is 23.4 Å². The monoisotopic (exact) mass is 465 g/mol. The largest absolute Gasteiger partial charge is 0.744 e. The molecular formula is C25H27N3O4S. The molecular weight excluding hydrogens is 438 g/mol. The Kier molecular flexibility index (Phi) is 7.00. The number of aromatic nitrogens is 2. The van der Waals surface area contributed by atoms with Crippen LogP contribution in [0.5, 0.6) is 0 Å². The Morgan fingerprint density at radius 3 is 2.09 bits per heavy atom. The van der Waals surface area contributed by atoms with Gasteiger partial charge in [-0.1, -0.05) is 17.7 Å². The first-order valence-corrected chi connectivity index (χ1v) is 11.7. The number of amides is 1. The predicted octanol–water partition coefficient (Wildman–Crippen LogP) is 3.91. The molecule has 0 unspecified atom stereocenters. The standard InChI is InChI=1S/C18H19N3O.C7H8O3S/c1-12-9-18-20(4)17(11-21(18)10-13(12)2)15-5-7-16(8-6-15)19-14(3)22;1-6-2-4-7(5-3-6)11(8,9)10/h5-11H,1-4H3;2-5H,1H3,(H,8,9,10). The Morgan fingerprint density at radius 1 is 0.939 bits per heavy atom. The molecule has 2 aromatic carbocycles. The zero-order valence-electron chi connectivity index (χ0n) is 19.3. The fourth-order valence-electron chi connectivity index (χ4n) is 3.37.